The molecular weight excluding hydrogens is 492 g/mol. The second-order valence-corrected chi connectivity index (χ2v) is 10.1. The Morgan fingerprint density at radius 3 is 2.61 bits per heavy atom. The molecular formula is C28H24N2O4S2. The van der Waals surface area contributed by atoms with E-state index in [0.717, 1.165) is 16.0 Å². The number of benzene rings is 2. The van der Waals surface area contributed by atoms with Gasteiger partial charge in [0.25, 0.3) is 5.56 Å². The molecule has 0 radical (unpaired) electrons. The van der Waals surface area contributed by atoms with Crippen LogP contribution in [0.5, 0.6) is 5.75 Å². The van der Waals surface area contributed by atoms with Gasteiger partial charge in [0, 0.05) is 10.4 Å². The van der Waals surface area contributed by atoms with Gasteiger partial charge in [0.05, 0.1) is 22.4 Å². The molecule has 0 saturated carbocycles. The Balaban J connectivity index is 1.59. The third-order valence-electron chi connectivity index (χ3n) is 5.77. The highest BCUT2D eigenvalue weighted by Crippen LogP contribution is 2.33. The summed E-state index contributed by atoms with van der Waals surface area (Å²) in [7, 11) is 0. The molecule has 36 heavy (non-hydrogen) atoms. The van der Waals surface area contributed by atoms with Crippen LogP contribution in [0.15, 0.2) is 93.2 Å². The molecule has 1 aliphatic rings. The number of hydrogen-bond acceptors (Lipinski definition) is 7. The van der Waals surface area contributed by atoms with Crippen molar-refractivity contribution in [1.29, 1.82) is 0 Å². The van der Waals surface area contributed by atoms with Gasteiger partial charge in [-0.1, -0.05) is 65.9 Å². The van der Waals surface area contributed by atoms with E-state index >= 15 is 0 Å². The number of thiazole rings is 1. The summed E-state index contributed by atoms with van der Waals surface area (Å²) in [5.74, 6) is 0.233. The average molecular weight is 517 g/mol. The first kappa shape index (κ1) is 24.0. The van der Waals surface area contributed by atoms with E-state index in [9.17, 15) is 9.59 Å². The van der Waals surface area contributed by atoms with Crippen molar-refractivity contribution >= 4 is 34.7 Å². The average Bonchev–Trinajstić information content (AvgIpc) is 3.52. The number of nitrogens with zero attached hydrogens (tertiary/aromatic N) is 2. The van der Waals surface area contributed by atoms with Crippen LogP contribution in [-0.4, -0.2) is 17.1 Å². The van der Waals surface area contributed by atoms with Crippen molar-refractivity contribution in [3.8, 4) is 5.75 Å². The number of carbonyl (C=O) groups excluding carboxylic acids is 1. The lowest BCUT2D eigenvalue weighted by atomic mass is 10.0. The lowest BCUT2D eigenvalue weighted by molar-refractivity contribution is -0.140. The normalized spacial score (nSPS) is 15.4. The highest BCUT2D eigenvalue weighted by Gasteiger charge is 2.34. The topological polar surface area (TPSA) is 69.9 Å². The van der Waals surface area contributed by atoms with Gasteiger partial charge in [-0.05, 0) is 43.0 Å². The largest absolute Gasteiger partial charge is 0.493 e. The van der Waals surface area contributed by atoms with Gasteiger partial charge in [-0.2, -0.15) is 0 Å². The van der Waals surface area contributed by atoms with Gasteiger partial charge in [0.1, 0.15) is 18.4 Å². The van der Waals surface area contributed by atoms with Crippen LogP contribution in [0.3, 0.4) is 0 Å². The van der Waals surface area contributed by atoms with E-state index in [1.165, 1.54) is 22.7 Å². The number of ether oxygens (including phenoxy) is 2. The van der Waals surface area contributed by atoms with E-state index in [-0.39, 0.29) is 12.2 Å². The maximum absolute atomic E-state index is 13.7. The molecule has 8 heteroatoms. The first-order valence-corrected chi connectivity index (χ1v) is 13.2. The van der Waals surface area contributed by atoms with Crippen LogP contribution in [0.1, 0.15) is 35.9 Å². The van der Waals surface area contributed by atoms with E-state index in [1.807, 2.05) is 85.1 Å². The van der Waals surface area contributed by atoms with Crippen molar-refractivity contribution in [2.75, 3.05) is 6.61 Å². The smallest absolute Gasteiger partial charge is 0.338 e. The summed E-state index contributed by atoms with van der Waals surface area (Å²) in [5.41, 5.74) is 2.43. The van der Waals surface area contributed by atoms with Crippen LogP contribution in [0.2, 0.25) is 0 Å². The third-order valence-corrected chi connectivity index (χ3v) is 7.68. The molecule has 0 amide bonds. The summed E-state index contributed by atoms with van der Waals surface area (Å²) >= 11 is 2.80. The molecule has 3 heterocycles. The van der Waals surface area contributed by atoms with Crippen LogP contribution in [0.4, 0.5) is 0 Å². The highest BCUT2D eigenvalue weighted by molar-refractivity contribution is 7.10. The molecule has 0 spiro atoms. The fourth-order valence-corrected chi connectivity index (χ4v) is 5.99. The molecule has 4 aromatic rings. The number of fused-ring (bicyclic) bond motifs is 1. The molecule has 182 valence electrons. The lowest BCUT2D eigenvalue weighted by Crippen LogP contribution is -2.39. The summed E-state index contributed by atoms with van der Waals surface area (Å²) in [6.45, 7) is 4.39. The lowest BCUT2D eigenvalue weighted by Gasteiger charge is -2.23. The van der Waals surface area contributed by atoms with Gasteiger partial charge in [0.15, 0.2) is 4.80 Å². The molecule has 1 atom stereocenters. The minimum absolute atomic E-state index is 0.145. The van der Waals surface area contributed by atoms with Gasteiger partial charge >= 0.3 is 5.97 Å². The molecule has 2 aromatic carbocycles. The predicted octanol–water partition coefficient (Wildman–Crippen LogP) is 4.44. The second-order valence-electron chi connectivity index (χ2n) is 8.13. The van der Waals surface area contributed by atoms with Crippen LogP contribution < -0.4 is 19.6 Å². The van der Waals surface area contributed by atoms with Crippen molar-refractivity contribution in [2.24, 2.45) is 4.99 Å². The van der Waals surface area contributed by atoms with Crippen molar-refractivity contribution in [1.82, 2.24) is 4.57 Å². The van der Waals surface area contributed by atoms with Gasteiger partial charge in [-0.15, -0.1) is 11.3 Å². The Kier molecular flexibility index (Phi) is 6.97. The SMILES string of the molecule is CCOc1ccccc1/C=c1\sc2n(c1=O)[C@H](c1cccs1)C(C(=O)OCc1ccccc1)=C(C)N=2. The minimum atomic E-state index is -0.603. The Hall–Kier alpha value is -3.75. The number of para-hydroxylation sites is 1. The van der Waals surface area contributed by atoms with Crippen molar-refractivity contribution in [3.63, 3.8) is 0 Å². The van der Waals surface area contributed by atoms with Gasteiger partial charge < -0.3 is 9.47 Å². The Labute approximate surface area is 216 Å². The number of aromatic nitrogens is 1. The molecule has 0 aliphatic carbocycles. The fraction of sp³-hybridized carbons (Fsp3) is 0.179. The van der Waals surface area contributed by atoms with E-state index in [0.29, 0.717) is 33.0 Å². The van der Waals surface area contributed by atoms with Crippen LogP contribution in [-0.2, 0) is 16.1 Å². The number of allylic oxidation sites excluding steroid dienone is 1. The maximum atomic E-state index is 13.7. The number of thiophene rings is 1. The molecule has 5 rings (SSSR count). The van der Waals surface area contributed by atoms with E-state index in [4.69, 9.17) is 9.47 Å². The minimum Gasteiger partial charge on any atom is -0.493 e. The Morgan fingerprint density at radius 1 is 1.08 bits per heavy atom. The third kappa shape index (κ3) is 4.69. The zero-order chi connectivity index (χ0) is 25.1. The second kappa shape index (κ2) is 10.5. The summed E-state index contributed by atoms with van der Waals surface area (Å²) < 4.78 is 13.5. The number of esters is 1. The maximum Gasteiger partial charge on any atom is 0.338 e. The summed E-state index contributed by atoms with van der Waals surface area (Å²) in [5, 5.41) is 1.94. The molecule has 1 aliphatic heterocycles. The van der Waals surface area contributed by atoms with Crippen molar-refractivity contribution in [2.45, 2.75) is 26.5 Å². The van der Waals surface area contributed by atoms with Crippen LogP contribution >= 0.6 is 22.7 Å². The van der Waals surface area contributed by atoms with Crippen LogP contribution in [0.25, 0.3) is 6.08 Å². The fourth-order valence-electron chi connectivity index (χ4n) is 4.13. The summed E-state index contributed by atoms with van der Waals surface area (Å²) in [6, 6.07) is 20.4. The molecule has 6 nitrogen and oxygen atoms in total. The number of hydrogen-bond donors (Lipinski definition) is 0. The molecule has 0 saturated heterocycles. The molecule has 0 bridgehead atoms. The monoisotopic (exact) mass is 516 g/mol. The molecule has 2 aromatic heterocycles. The Morgan fingerprint density at radius 2 is 1.86 bits per heavy atom. The van der Waals surface area contributed by atoms with E-state index < -0.39 is 12.0 Å². The zero-order valence-corrected chi connectivity index (χ0v) is 21.5. The molecule has 0 unspecified atom stereocenters. The Bertz CT molecular complexity index is 1600. The quantitative estimate of drug-likeness (QED) is 0.341. The summed E-state index contributed by atoms with van der Waals surface area (Å²) in [4.78, 5) is 33.2. The molecule has 0 N–H and O–H groups in total. The first-order chi connectivity index (χ1) is 17.6. The molecule has 0 fully saturated rings. The van der Waals surface area contributed by atoms with Crippen molar-refractivity contribution in [3.05, 3.63) is 119 Å². The van der Waals surface area contributed by atoms with Gasteiger partial charge in [-0.3, -0.25) is 9.36 Å². The highest BCUT2D eigenvalue weighted by atomic mass is 32.1. The number of carbonyl (C=O) groups is 1. The van der Waals surface area contributed by atoms with Gasteiger partial charge in [0.2, 0.25) is 0 Å². The summed E-state index contributed by atoms with van der Waals surface area (Å²) in [6.07, 6.45) is 1.83. The predicted molar refractivity (Wildman–Crippen MR) is 142 cm³/mol. The van der Waals surface area contributed by atoms with E-state index in [2.05, 4.69) is 4.99 Å². The van der Waals surface area contributed by atoms with Crippen LogP contribution in [0, 0.1) is 0 Å². The van der Waals surface area contributed by atoms with E-state index in [1.54, 1.807) is 11.5 Å². The van der Waals surface area contributed by atoms with Crippen molar-refractivity contribution < 1.29 is 14.3 Å². The standard InChI is InChI=1S/C28H24N2O4S2/c1-3-33-21-13-8-7-12-20(21)16-23-26(31)30-25(22-14-9-15-35-22)24(18(2)29-28(30)36-23)27(32)34-17-19-10-5-4-6-11-19/h4-16,25H,3,17H2,1-2H3/b23-16-/t25-/m1/s1. The van der Waals surface area contributed by atoms with Gasteiger partial charge in [-0.25, -0.2) is 9.79 Å². The first-order valence-electron chi connectivity index (χ1n) is 11.6. The number of rotatable bonds is 7. The zero-order valence-electron chi connectivity index (χ0n) is 19.8.